The standard InChI is InChI=1S/C25H36N6O7/c1-14(27)22(34)31-20(12-15-13-28-17-7-3-2-6-16(15)17)24(36)29-18(9-10-21(32)33)23(35)30-19(25(37)38)8-4-5-11-26/h2-3,6-7,13-14,18-20,28H,4-5,8-12,26-27H2,1H3,(H,29,36)(H,30,35)(H,31,34)(H,32,33)(H,37,38). The van der Waals surface area contributed by atoms with Crippen LogP contribution in [0.25, 0.3) is 10.9 Å². The fraction of sp³-hybridized carbons (Fsp3) is 0.480. The number of hydrogen-bond donors (Lipinski definition) is 8. The lowest BCUT2D eigenvalue weighted by atomic mass is 10.0. The molecule has 1 heterocycles. The van der Waals surface area contributed by atoms with Crippen molar-refractivity contribution < 1.29 is 34.2 Å². The number of nitrogens with one attached hydrogen (secondary N) is 4. The second-order valence-corrected chi connectivity index (χ2v) is 9.09. The van der Waals surface area contributed by atoms with Crippen molar-refractivity contribution in [2.24, 2.45) is 11.5 Å². The van der Waals surface area contributed by atoms with Crippen LogP contribution in [0.1, 0.15) is 44.6 Å². The molecule has 0 fully saturated rings. The largest absolute Gasteiger partial charge is 0.481 e. The van der Waals surface area contributed by atoms with E-state index < -0.39 is 60.2 Å². The molecule has 208 valence electrons. The Labute approximate surface area is 219 Å². The zero-order valence-electron chi connectivity index (χ0n) is 21.2. The van der Waals surface area contributed by atoms with Crippen LogP contribution in [0.3, 0.4) is 0 Å². The molecule has 0 saturated heterocycles. The van der Waals surface area contributed by atoms with Gasteiger partial charge in [0.15, 0.2) is 0 Å². The molecule has 13 nitrogen and oxygen atoms in total. The van der Waals surface area contributed by atoms with Gasteiger partial charge in [-0.05, 0) is 50.8 Å². The van der Waals surface area contributed by atoms with E-state index in [4.69, 9.17) is 16.6 Å². The van der Waals surface area contributed by atoms with Crippen LogP contribution >= 0.6 is 0 Å². The lowest BCUT2D eigenvalue weighted by Gasteiger charge is -2.25. The van der Waals surface area contributed by atoms with E-state index in [0.29, 0.717) is 19.4 Å². The molecule has 13 heteroatoms. The SMILES string of the molecule is CC(N)C(=O)NC(Cc1c[nH]c2ccccc12)C(=O)NC(CCC(=O)O)C(=O)NC(CCCCN)C(=O)O. The monoisotopic (exact) mass is 532 g/mol. The molecule has 2 aromatic rings. The summed E-state index contributed by atoms with van der Waals surface area (Å²) in [5.74, 6) is -4.65. The van der Waals surface area contributed by atoms with Gasteiger partial charge in [-0.15, -0.1) is 0 Å². The van der Waals surface area contributed by atoms with Gasteiger partial charge in [0.25, 0.3) is 0 Å². The number of carbonyl (C=O) groups excluding carboxylic acids is 3. The lowest BCUT2D eigenvalue weighted by Crippen LogP contribution is -2.57. The van der Waals surface area contributed by atoms with Crippen LogP contribution in [0.15, 0.2) is 30.5 Å². The molecule has 0 radical (unpaired) electrons. The second-order valence-electron chi connectivity index (χ2n) is 9.09. The molecule has 0 spiro atoms. The van der Waals surface area contributed by atoms with Crippen molar-refractivity contribution in [2.75, 3.05) is 6.54 Å². The minimum atomic E-state index is -1.35. The van der Waals surface area contributed by atoms with Crippen LogP contribution in [0, 0.1) is 0 Å². The highest BCUT2D eigenvalue weighted by molar-refractivity contribution is 5.95. The molecule has 0 aliphatic carbocycles. The van der Waals surface area contributed by atoms with Gasteiger partial charge in [-0.2, -0.15) is 0 Å². The van der Waals surface area contributed by atoms with E-state index in [-0.39, 0.29) is 19.3 Å². The first-order chi connectivity index (χ1) is 18.0. The summed E-state index contributed by atoms with van der Waals surface area (Å²) in [7, 11) is 0. The molecule has 10 N–H and O–H groups in total. The Morgan fingerprint density at radius 2 is 1.53 bits per heavy atom. The molecule has 0 saturated carbocycles. The van der Waals surface area contributed by atoms with Gasteiger partial charge in [-0.3, -0.25) is 19.2 Å². The molecule has 3 amide bonds. The predicted octanol–water partition coefficient (Wildman–Crippen LogP) is -0.410. The molecular formula is C25H36N6O7. The van der Waals surface area contributed by atoms with Crippen molar-refractivity contribution >= 4 is 40.6 Å². The van der Waals surface area contributed by atoms with Crippen LogP contribution in [0.2, 0.25) is 0 Å². The molecule has 2 rings (SSSR count). The summed E-state index contributed by atoms with van der Waals surface area (Å²) in [6.07, 6.45) is 2.15. The number of carboxylic acid groups (broad SMARTS) is 2. The highest BCUT2D eigenvalue weighted by Crippen LogP contribution is 2.19. The number of unbranched alkanes of at least 4 members (excludes halogenated alkanes) is 1. The highest BCUT2D eigenvalue weighted by Gasteiger charge is 2.30. The summed E-state index contributed by atoms with van der Waals surface area (Å²) in [4.78, 5) is 64.6. The van der Waals surface area contributed by atoms with Crippen molar-refractivity contribution in [1.82, 2.24) is 20.9 Å². The molecule has 1 aromatic carbocycles. The number of nitrogens with two attached hydrogens (primary N) is 2. The van der Waals surface area contributed by atoms with Gasteiger partial charge in [0, 0.05) is 29.9 Å². The van der Waals surface area contributed by atoms with Gasteiger partial charge in [-0.25, -0.2) is 4.79 Å². The number of fused-ring (bicyclic) bond motifs is 1. The van der Waals surface area contributed by atoms with E-state index in [9.17, 15) is 29.1 Å². The minimum Gasteiger partial charge on any atom is -0.481 e. The van der Waals surface area contributed by atoms with Crippen molar-refractivity contribution in [3.8, 4) is 0 Å². The summed E-state index contributed by atoms with van der Waals surface area (Å²) < 4.78 is 0. The Balaban J connectivity index is 2.25. The fourth-order valence-electron chi connectivity index (χ4n) is 3.86. The van der Waals surface area contributed by atoms with Gasteiger partial charge in [0.05, 0.1) is 6.04 Å². The molecule has 0 aliphatic rings. The molecule has 4 unspecified atom stereocenters. The van der Waals surface area contributed by atoms with Crippen molar-refractivity contribution in [2.45, 2.75) is 69.6 Å². The summed E-state index contributed by atoms with van der Waals surface area (Å²) in [6.45, 7) is 1.82. The van der Waals surface area contributed by atoms with E-state index in [1.165, 1.54) is 6.92 Å². The average molecular weight is 533 g/mol. The molecule has 0 aliphatic heterocycles. The number of carboxylic acids is 2. The van der Waals surface area contributed by atoms with Crippen LogP contribution in [0.4, 0.5) is 0 Å². The second kappa shape index (κ2) is 14.7. The van der Waals surface area contributed by atoms with E-state index in [2.05, 4.69) is 20.9 Å². The molecular weight excluding hydrogens is 496 g/mol. The first-order valence-corrected chi connectivity index (χ1v) is 12.4. The number of benzene rings is 1. The smallest absolute Gasteiger partial charge is 0.326 e. The number of aromatic nitrogens is 1. The number of carbonyl (C=O) groups is 5. The minimum absolute atomic E-state index is 0.0540. The number of para-hydroxylation sites is 1. The van der Waals surface area contributed by atoms with Gasteiger partial charge in [0.2, 0.25) is 17.7 Å². The maximum Gasteiger partial charge on any atom is 0.326 e. The zero-order chi connectivity index (χ0) is 28.2. The summed E-state index contributed by atoms with van der Waals surface area (Å²) >= 11 is 0. The van der Waals surface area contributed by atoms with Crippen molar-refractivity contribution in [1.29, 1.82) is 0 Å². The fourth-order valence-corrected chi connectivity index (χ4v) is 3.86. The third kappa shape index (κ3) is 9.16. The van der Waals surface area contributed by atoms with Gasteiger partial charge < -0.3 is 42.6 Å². The van der Waals surface area contributed by atoms with Gasteiger partial charge >= 0.3 is 11.9 Å². The third-order valence-electron chi connectivity index (χ3n) is 5.99. The molecule has 1 aromatic heterocycles. The normalized spacial score (nSPS) is 14.2. The number of H-pyrrole nitrogens is 1. The van der Waals surface area contributed by atoms with Crippen molar-refractivity contribution in [3.63, 3.8) is 0 Å². The maximum atomic E-state index is 13.3. The van der Waals surface area contributed by atoms with Gasteiger partial charge in [0.1, 0.15) is 18.1 Å². The first-order valence-electron chi connectivity index (χ1n) is 12.4. The van der Waals surface area contributed by atoms with E-state index in [1.54, 1.807) is 6.20 Å². The van der Waals surface area contributed by atoms with Crippen molar-refractivity contribution in [3.05, 3.63) is 36.0 Å². The number of hydrogen-bond acceptors (Lipinski definition) is 7. The quantitative estimate of drug-likeness (QED) is 0.131. The summed E-state index contributed by atoms with van der Waals surface area (Å²) in [6, 6.07) is 2.73. The lowest BCUT2D eigenvalue weighted by molar-refractivity contribution is -0.143. The van der Waals surface area contributed by atoms with E-state index in [0.717, 1.165) is 16.5 Å². The topological polar surface area (TPSA) is 230 Å². The number of aliphatic carboxylic acids is 2. The maximum absolute atomic E-state index is 13.3. The van der Waals surface area contributed by atoms with Crippen LogP contribution in [-0.2, 0) is 30.4 Å². The number of amides is 3. The van der Waals surface area contributed by atoms with E-state index in [1.807, 2.05) is 24.3 Å². The van der Waals surface area contributed by atoms with Crippen LogP contribution < -0.4 is 27.4 Å². The number of rotatable bonds is 16. The Hall–Kier alpha value is -3.97. The summed E-state index contributed by atoms with van der Waals surface area (Å²) in [5, 5.41) is 26.9. The highest BCUT2D eigenvalue weighted by atomic mass is 16.4. The zero-order valence-corrected chi connectivity index (χ0v) is 21.2. The van der Waals surface area contributed by atoms with Gasteiger partial charge in [-0.1, -0.05) is 18.2 Å². The Morgan fingerprint density at radius 1 is 0.895 bits per heavy atom. The first kappa shape index (κ1) is 30.3. The molecule has 38 heavy (non-hydrogen) atoms. The molecule has 0 bridgehead atoms. The third-order valence-corrected chi connectivity index (χ3v) is 5.99. The summed E-state index contributed by atoms with van der Waals surface area (Å²) in [5.41, 5.74) is 12.7. The van der Waals surface area contributed by atoms with Crippen LogP contribution in [-0.4, -0.2) is 75.6 Å². The predicted molar refractivity (Wildman–Crippen MR) is 139 cm³/mol. The van der Waals surface area contributed by atoms with E-state index >= 15 is 0 Å². The average Bonchev–Trinajstić information content (AvgIpc) is 3.27. The Kier molecular flexibility index (Phi) is 11.7. The Bertz CT molecular complexity index is 1130. The van der Waals surface area contributed by atoms with Crippen LogP contribution in [0.5, 0.6) is 0 Å². The molecule has 4 atom stereocenters. The Morgan fingerprint density at radius 3 is 2.16 bits per heavy atom. The number of aromatic amines is 1.